The third-order valence-electron chi connectivity index (χ3n) is 4.09. The van der Waals surface area contributed by atoms with E-state index in [1.165, 1.54) is 4.31 Å². The van der Waals surface area contributed by atoms with Gasteiger partial charge < -0.3 is 9.73 Å². The van der Waals surface area contributed by atoms with E-state index < -0.39 is 16.1 Å². The zero-order valence-electron chi connectivity index (χ0n) is 13.8. The van der Waals surface area contributed by atoms with Crippen molar-refractivity contribution in [1.82, 2.24) is 9.29 Å². The fraction of sp³-hybridized carbons (Fsp3) is 0.500. The molecule has 1 atom stereocenters. The Labute approximate surface area is 141 Å². The van der Waals surface area contributed by atoms with Gasteiger partial charge in [-0.15, -0.1) is 0 Å². The van der Waals surface area contributed by atoms with Crippen molar-refractivity contribution in [1.29, 1.82) is 0 Å². The number of anilines is 1. The first-order valence-corrected chi connectivity index (χ1v) is 9.69. The van der Waals surface area contributed by atoms with Gasteiger partial charge in [-0.25, -0.2) is 13.4 Å². The fourth-order valence-electron chi connectivity index (χ4n) is 3.05. The second kappa shape index (κ2) is 6.52. The van der Waals surface area contributed by atoms with Gasteiger partial charge in [0.1, 0.15) is 11.6 Å². The van der Waals surface area contributed by atoms with Crippen LogP contribution in [0.25, 0.3) is 11.1 Å². The molecule has 0 spiro atoms. The molecule has 24 heavy (non-hydrogen) atoms. The summed E-state index contributed by atoms with van der Waals surface area (Å²) in [5.41, 5.74) is 1.88. The molecule has 2 heterocycles. The van der Waals surface area contributed by atoms with E-state index in [0.29, 0.717) is 43.0 Å². The van der Waals surface area contributed by atoms with Gasteiger partial charge in [0.15, 0.2) is 11.5 Å². The van der Waals surface area contributed by atoms with Gasteiger partial charge in [0.25, 0.3) is 0 Å². The van der Waals surface area contributed by atoms with Crippen molar-refractivity contribution < 1.29 is 17.6 Å². The van der Waals surface area contributed by atoms with Crippen LogP contribution in [0.2, 0.25) is 0 Å². The van der Waals surface area contributed by atoms with Crippen molar-refractivity contribution in [2.75, 3.05) is 17.6 Å². The second-order valence-corrected chi connectivity index (χ2v) is 8.03. The van der Waals surface area contributed by atoms with Crippen LogP contribution in [0.15, 0.2) is 22.6 Å². The first kappa shape index (κ1) is 16.9. The van der Waals surface area contributed by atoms with E-state index in [1.807, 2.05) is 6.92 Å². The topological polar surface area (TPSA) is 92.5 Å². The van der Waals surface area contributed by atoms with Crippen molar-refractivity contribution in [3.8, 4) is 0 Å². The number of nitrogens with one attached hydrogen (secondary N) is 1. The fourth-order valence-corrected chi connectivity index (χ4v) is 4.80. The SMILES string of the molecule is CCCS(=O)(=O)N1CCCC1C(=O)Nc1ccc2nc(C)oc2c1. The van der Waals surface area contributed by atoms with Gasteiger partial charge in [-0.1, -0.05) is 6.92 Å². The quantitative estimate of drug-likeness (QED) is 0.892. The molecule has 3 rings (SSSR count). The molecule has 1 fully saturated rings. The number of hydrogen-bond acceptors (Lipinski definition) is 5. The minimum absolute atomic E-state index is 0.0695. The third-order valence-corrected chi connectivity index (χ3v) is 6.16. The lowest BCUT2D eigenvalue weighted by Gasteiger charge is -2.23. The Hall–Kier alpha value is -1.93. The van der Waals surface area contributed by atoms with E-state index in [0.717, 1.165) is 5.52 Å². The van der Waals surface area contributed by atoms with E-state index >= 15 is 0 Å². The number of benzene rings is 1. The smallest absolute Gasteiger partial charge is 0.242 e. The Morgan fingerprint density at radius 3 is 3.00 bits per heavy atom. The van der Waals surface area contributed by atoms with Gasteiger partial charge in [0, 0.05) is 25.2 Å². The summed E-state index contributed by atoms with van der Waals surface area (Å²) >= 11 is 0. The van der Waals surface area contributed by atoms with Crippen molar-refractivity contribution >= 4 is 32.7 Å². The van der Waals surface area contributed by atoms with E-state index in [2.05, 4.69) is 10.3 Å². The highest BCUT2D eigenvalue weighted by molar-refractivity contribution is 7.89. The standard InChI is InChI=1S/C16H21N3O4S/c1-3-9-24(21,22)19-8-4-5-14(19)16(20)18-12-6-7-13-15(10-12)23-11(2)17-13/h6-7,10,14H,3-5,8-9H2,1-2H3,(H,18,20). The number of oxazole rings is 1. The summed E-state index contributed by atoms with van der Waals surface area (Å²) in [6.07, 6.45) is 1.77. The average Bonchev–Trinajstić information content (AvgIpc) is 3.12. The van der Waals surface area contributed by atoms with Crippen LogP contribution in [0.5, 0.6) is 0 Å². The Bertz CT molecular complexity index is 859. The largest absolute Gasteiger partial charge is 0.441 e. The van der Waals surface area contributed by atoms with Crippen molar-refractivity contribution in [3.05, 3.63) is 24.1 Å². The molecule has 0 radical (unpaired) electrons. The Kier molecular flexibility index (Phi) is 4.60. The summed E-state index contributed by atoms with van der Waals surface area (Å²) < 4.78 is 31.4. The molecule has 1 aromatic heterocycles. The molecule has 0 aliphatic carbocycles. The first-order chi connectivity index (χ1) is 11.4. The molecule has 1 aliphatic rings. The number of nitrogens with zero attached hydrogens (tertiary/aromatic N) is 2. The van der Waals surface area contributed by atoms with Gasteiger partial charge in [0.2, 0.25) is 15.9 Å². The van der Waals surface area contributed by atoms with Crippen LogP contribution in [-0.4, -0.2) is 42.0 Å². The Balaban J connectivity index is 1.77. The highest BCUT2D eigenvalue weighted by atomic mass is 32.2. The number of carbonyl (C=O) groups is 1. The molecule has 8 heteroatoms. The molecule has 1 aliphatic heterocycles. The van der Waals surface area contributed by atoms with Gasteiger partial charge in [-0.05, 0) is 31.4 Å². The summed E-state index contributed by atoms with van der Waals surface area (Å²) in [5.74, 6) is 0.323. The molecular formula is C16H21N3O4S. The van der Waals surface area contributed by atoms with E-state index in [-0.39, 0.29) is 11.7 Å². The van der Waals surface area contributed by atoms with Crippen LogP contribution in [0.4, 0.5) is 5.69 Å². The lowest BCUT2D eigenvalue weighted by atomic mass is 10.2. The van der Waals surface area contributed by atoms with Crippen molar-refractivity contribution in [2.45, 2.75) is 39.2 Å². The van der Waals surface area contributed by atoms with Crippen LogP contribution in [0.3, 0.4) is 0 Å². The molecule has 0 bridgehead atoms. The number of aryl methyl sites for hydroxylation is 1. The molecule has 1 aromatic carbocycles. The molecule has 1 saturated heterocycles. The first-order valence-electron chi connectivity index (χ1n) is 8.08. The maximum atomic E-state index is 12.6. The lowest BCUT2D eigenvalue weighted by Crippen LogP contribution is -2.44. The maximum absolute atomic E-state index is 12.6. The molecule has 2 aromatic rings. The van der Waals surface area contributed by atoms with Crippen LogP contribution in [-0.2, 0) is 14.8 Å². The Morgan fingerprint density at radius 2 is 2.25 bits per heavy atom. The monoisotopic (exact) mass is 351 g/mol. The normalized spacial score (nSPS) is 19.0. The number of carbonyl (C=O) groups excluding carboxylic acids is 1. The van der Waals surface area contributed by atoms with Crippen LogP contribution in [0, 0.1) is 6.92 Å². The number of sulfonamides is 1. The molecule has 1 unspecified atom stereocenters. The van der Waals surface area contributed by atoms with E-state index in [9.17, 15) is 13.2 Å². The highest BCUT2D eigenvalue weighted by Crippen LogP contribution is 2.25. The summed E-state index contributed by atoms with van der Waals surface area (Å²) in [4.78, 5) is 16.8. The minimum Gasteiger partial charge on any atom is -0.441 e. The molecule has 130 valence electrons. The summed E-state index contributed by atoms with van der Waals surface area (Å²) in [6, 6.07) is 4.56. The molecule has 1 amide bonds. The summed E-state index contributed by atoms with van der Waals surface area (Å²) in [6.45, 7) is 3.98. The van der Waals surface area contributed by atoms with Crippen molar-refractivity contribution in [3.63, 3.8) is 0 Å². The summed E-state index contributed by atoms with van der Waals surface area (Å²) in [7, 11) is -3.38. The third kappa shape index (κ3) is 3.29. The highest BCUT2D eigenvalue weighted by Gasteiger charge is 2.38. The van der Waals surface area contributed by atoms with E-state index in [4.69, 9.17) is 4.42 Å². The number of hydrogen-bond donors (Lipinski definition) is 1. The molecular weight excluding hydrogens is 330 g/mol. The number of aromatic nitrogens is 1. The van der Waals surface area contributed by atoms with Crippen molar-refractivity contribution in [2.24, 2.45) is 0 Å². The number of fused-ring (bicyclic) bond motifs is 1. The van der Waals surface area contributed by atoms with Crippen LogP contribution in [0.1, 0.15) is 32.1 Å². The van der Waals surface area contributed by atoms with Gasteiger partial charge in [-0.3, -0.25) is 4.79 Å². The average molecular weight is 351 g/mol. The predicted molar refractivity (Wildman–Crippen MR) is 91.2 cm³/mol. The van der Waals surface area contributed by atoms with Gasteiger partial charge >= 0.3 is 0 Å². The molecule has 0 saturated carbocycles. The predicted octanol–water partition coefficient (Wildman–Crippen LogP) is 2.28. The van der Waals surface area contributed by atoms with Crippen LogP contribution < -0.4 is 5.32 Å². The zero-order chi connectivity index (χ0) is 17.3. The van der Waals surface area contributed by atoms with E-state index in [1.54, 1.807) is 25.1 Å². The van der Waals surface area contributed by atoms with Gasteiger partial charge in [-0.2, -0.15) is 4.31 Å². The Morgan fingerprint density at radius 1 is 1.46 bits per heavy atom. The minimum atomic E-state index is -3.38. The number of rotatable bonds is 5. The number of amides is 1. The molecule has 1 N–H and O–H groups in total. The molecule has 7 nitrogen and oxygen atoms in total. The van der Waals surface area contributed by atoms with Gasteiger partial charge in [0.05, 0.1) is 5.75 Å². The van der Waals surface area contributed by atoms with Crippen LogP contribution >= 0.6 is 0 Å². The second-order valence-electron chi connectivity index (χ2n) is 5.99. The zero-order valence-corrected chi connectivity index (χ0v) is 14.6. The maximum Gasteiger partial charge on any atom is 0.242 e. The summed E-state index contributed by atoms with van der Waals surface area (Å²) in [5, 5.41) is 2.80. The lowest BCUT2D eigenvalue weighted by molar-refractivity contribution is -0.119.